The number of β-amino-alcohol motifs (C(OH)–C–C–N with tert-alkyl or cyclic N) is 1. The summed E-state index contributed by atoms with van der Waals surface area (Å²) < 4.78 is 37.9. The van der Waals surface area contributed by atoms with E-state index in [9.17, 15) is 23.1 Å². The Morgan fingerprint density at radius 3 is 2.45 bits per heavy atom. The first-order valence-electron chi connectivity index (χ1n) is 10.3. The fourth-order valence-corrected chi connectivity index (χ4v) is 4.18. The number of amides is 2. The van der Waals surface area contributed by atoms with Gasteiger partial charge in [0.05, 0.1) is 6.10 Å². The molecule has 9 heteroatoms. The van der Waals surface area contributed by atoms with Crippen LogP contribution in [0, 0.1) is 0 Å². The largest absolute Gasteiger partial charge is 0.433 e. The number of carbonyl (C=O) groups is 1. The molecule has 0 radical (unpaired) electrons. The van der Waals surface area contributed by atoms with Crippen LogP contribution in [-0.4, -0.2) is 69.6 Å². The number of hydrogen-bond acceptors (Lipinski definition) is 4. The summed E-state index contributed by atoms with van der Waals surface area (Å²) >= 11 is 0. The quantitative estimate of drug-likeness (QED) is 0.760. The average Bonchev–Trinajstić information content (AvgIpc) is 3.07. The Hall–Kier alpha value is -2.65. The predicted molar refractivity (Wildman–Crippen MR) is 108 cm³/mol. The number of nitrogens with zero attached hydrogens (tertiary/aromatic N) is 4. The number of halogens is 3. The molecule has 1 saturated heterocycles. The zero-order chi connectivity index (χ0) is 22.0. The second kappa shape index (κ2) is 8.84. The van der Waals surface area contributed by atoms with Crippen LogP contribution in [0.3, 0.4) is 0 Å². The Labute approximate surface area is 178 Å². The maximum Gasteiger partial charge on any atom is 0.433 e. The molecular weight excluding hydrogens is 409 g/mol. The van der Waals surface area contributed by atoms with Crippen molar-refractivity contribution in [3.63, 3.8) is 0 Å². The molecular formula is C22H25F3N4O2. The summed E-state index contributed by atoms with van der Waals surface area (Å²) in [4.78, 5) is 21.5. The summed E-state index contributed by atoms with van der Waals surface area (Å²) in [7, 11) is 0. The Morgan fingerprint density at radius 2 is 1.74 bits per heavy atom. The van der Waals surface area contributed by atoms with Gasteiger partial charge in [-0.25, -0.2) is 4.79 Å². The number of hydrogen-bond donors (Lipinski definition) is 1. The highest BCUT2D eigenvalue weighted by Gasteiger charge is 2.33. The van der Waals surface area contributed by atoms with Crippen molar-refractivity contribution < 1.29 is 23.1 Å². The molecule has 0 spiro atoms. The first-order valence-corrected chi connectivity index (χ1v) is 10.3. The average molecular weight is 434 g/mol. The number of aliphatic hydroxyl groups excluding tert-OH is 1. The Morgan fingerprint density at radius 1 is 1.00 bits per heavy atom. The van der Waals surface area contributed by atoms with Gasteiger partial charge in [0.25, 0.3) is 0 Å². The third kappa shape index (κ3) is 5.16. The monoisotopic (exact) mass is 434 g/mol. The van der Waals surface area contributed by atoms with Crippen LogP contribution in [0.5, 0.6) is 0 Å². The van der Waals surface area contributed by atoms with Gasteiger partial charge >= 0.3 is 12.2 Å². The molecule has 1 unspecified atom stereocenters. The van der Waals surface area contributed by atoms with Gasteiger partial charge in [0.15, 0.2) is 0 Å². The lowest BCUT2D eigenvalue weighted by molar-refractivity contribution is -0.141. The molecule has 1 aromatic heterocycles. The SMILES string of the molecule is O=C1N(Cc2ccc(C(F)(F)F)nc2)CCN1CC(O)CN1CCc2ccccc2C1. The number of aliphatic hydroxyl groups is 1. The third-order valence-corrected chi connectivity index (χ3v) is 5.78. The molecule has 4 rings (SSSR count). The van der Waals surface area contributed by atoms with Gasteiger partial charge in [0.2, 0.25) is 0 Å². The summed E-state index contributed by atoms with van der Waals surface area (Å²) in [6.45, 7) is 3.51. The second-order valence-electron chi connectivity index (χ2n) is 8.11. The molecule has 0 saturated carbocycles. The number of alkyl halides is 3. The number of pyridine rings is 1. The van der Waals surface area contributed by atoms with E-state index in [1.807, 2.05) is 12.1 Å². The molecule has 2 aliphatic rings. The fourth-order valence-electron chi connectivity index (χ4n) is 4.18. The molecule has 166 valence electrons. The van der Waals surface area contributed by atoms with E-state index in [0.717, 1.165) is 31.8 Å². The van der Waals surface area contributed by atoms with Gasteiger partial charge in [0.1, 0.15) is 5.69 Å². The normalized spacial score (nSPS) is 18.4. The second-order valence-corrected chi connectivity index (χ2v) is 8.11. The maximum atomic E-state index is 12.7. The van der Waals surface area contributed by atoms with Crippen molar-refractivity contribution in [2.24, 2.45) is 0 Å². The fraction of sp³-hybridized carbons (Fsp3) is 0.455. The lowest BCUT2D eigenvalue weighted by atomic mass is 10.00. The number of carbonyl (C=O) groups excluding carboxylic acids is 1. The van der Waals surface area contributed by atoms with Crippen LogP contribution in [0.4, 0.5) is 18.0 Å². The van der Waals surface area contributed by atoms with Crippen molar-refractivity contribution in [1.82, 2.24) is 19.7 Å². The van der Waals surface area contributed by atoms with Crippen LogP contribution in [0.1, 0.15) is 22.4 Å². The van der Waals surface area contributed by atoms with Crippen LogP contribution < -0.4 is 0 Å². The first-order chi connectivity index (χ1) is 14.8. The molecule has 1 atom stereocenters. The van der Waals surface area contributed by atoms with Crippen LogP contribution >= 0.6 is 0 Å². The first kappa shape index (κ1) is 21.6. The number of fused-ring (bicyclic) bond motifs is 1. The summed E-state index contributed by atoms with van der Waals surface area (Å²) in [6, 6.07) is 10.3. The predicted octanol–water partition coefficient (Wildman–Crippen LogP) is 2.76. The molecule has 2 amide bonds. The Kier molecular flexibility index (Phi) is 6.15. The minimum atomic E-state index is -4.48. The Balaban J connectivity index is 1.27. The zero-order valence-corrected chi connectivity index (χ0v) is 17.1. The zero-order valence-electron chi connectivity index (χ0n) is 17.1. The van der Waals surface area contributed by atoms with Crippen molar-refractivity contribution in [3.05, 3.63) is 65.0 Å². The van der Waals surface area contributed by atoms with E-state index in [0.29, 0.717) is 25.2 Å². The molecule has 1 N–H and O–H groups in total. The van der Waals surface area contributed by atoms with E-state index in [2.05, 4.69) is 22.0 Å². The van der Waals surface area contributed by atoms with Crippen molar-refractivity contribution >= 4 is 6.03 Å². The van der Waals surface area contributed by atoms with Crippen molar-refractivity contribution in [2.75, 3.05) is 32.7 Å². The summed E-state index contributed by atoms with van der Waals surface area (Å²) in [6.07, 6.45) is -3.05. The number of urea groups is 1. The number of rotatable bonds is 6. The number of aromatic nitrogens is 1. The molecule has 2 aromatic rings. The minimum Gasteiger partial charge on any atom is -0.390 e. The molecule has 1 aromatic carbocycles. The summed E-state index contributed by atoms with van der Waals surface area (Å²) in [5, 5.41) is 10.5. The van der Waals surface area contributed by atoms with E-state index >= 15 is 0 Å². The molecule has 3 heterocycles. The smallest absolute Gasteiger partial charge is 0.390 e. The maximum absolute atomic E-state index is 12.7. The van der Waals surface area contributed by atoms with E-state index < -0.39 is 18.0 Å². The lowest BCUT2D eigenvalue weighted by Crippen LogP contribution is -2.43. The van der Waals surface area contributed by atoms with Crippen molar-refractivity contribution in [3.8, 4) is 0 Å². The third-order valence-electron chi connectivity index (χ3n) is 5.78. The van der Waals surface area contributed by atoms with Gasteiger partial charge in [-0.3, -0.25) is 9.88 Å². The standard InChI is InChI=1S/C22H25F3N4O2/c23-22(24,25)20-6-5-16(11-26-20)12-28-9-10-29(21(28)31)15-19(30)14-27-8-7-17-3-1-2-4-18(17)13-27/h1-6,11,19,30H,7-10,12-15H2. The summed E-state index contributed by atoms with van der Waals surface area (Å²) in [5.74, 6) is 0. The van der Waals surface area contributed by atoms with Crippen molar-refractivity contribution in [2.45, 2.75) is 31.8 Å². The molecule has 0 bridgehead atoms. The van der Waals surface area contributed by atoms with Gasteiger partial charge in [-0.15, -0.1) is 0 Å². The lowest BCUT2D eigenvalue weighted by Gasteiger charge is -2.31. The van der Waals surface area contributed by atoms with Crippen LogP contribution in [0.15, 0.2) is 42.6 Å². The molecule has 0 aliphatic carbocycles. The molecule has 1 fully saturated rings. The van der Waals surface area contributed by atoms with Crippen LogP contribution in [0.25, 0.3) is 0 Å². The van der Waals surface area contributed by atoms with E-state index in [1.54, 1.807) is 9.80 Å². The van der Waals surface area contributed by atoms with Crippen molar-refractivity contribution in [1.29, 1.82) is 0 Å². The van der Waals surface area contributed by atoms with Gasteiger partial charge in [-0.1, -0.05) is 30.3 Å². The van der Waals surface area contributed by atoms with Crippen LogP contribution in [-0.2, 0) is 25.7 Å². The highest BCUT2D eigenvalue weighted by Crippen LogP contribution is 2.27. The number of benzene rings is 1. The highest BCUT2D eigenvalue weighted by atomic mass is 19.4. The molecule has 2 aliphatic heterocycles. The van der Waals surface area contributed by atoms with Gasteiger partial charge < -0.3 is 14.9 Å². The molecule has 6 nitrogen and oxygen atoms in total. The van der Waals surface area contributed by atoms with Crippen LogP contribution in [0.2, 0.25) is 0 Å². The van der Waals surface area contributed by atoms with Gasteiger partial charge in [-0.05, 0) is 29.2 Å². The van der Waals surface area contributed by atoms with Gasteiger partial charge in [0, 0.05) is 52.0 Å². The van der Waals surface area contributed by atoms with E-state index in [-0.39, 0.29) is 19.1 Å². The van der Waals surface area contributed by atoms with E-state index in [1.165, 1.54) is 17.2 Å². The van der Waals surface area contributed by atoms with E-state index in [4.69, 9.17) is 0 Å². The highest BCUT2D eigenvalue weighted by molar-refractivity contribution is 5.76. The summed E-state index contributed by atoms with van der Waals surface area (Å²) in [5.41, 5.74) is 2.20. The minimum absolute atomic E-state index is 0.194. The molecule has 31 heavy (non-hydrogen) atoms. The Bertz CT molecular complexity index is 920. The topological polar surface area (TPSA) is 59.9 Å². The van der Waals surface area contributed by atoms with Gasteiger partial charge in [-0.2, -0.15) is 13.2 Å².